The van der Waals surface area contributed by atoms with Gasteiger partial charge in [0.25, 0.3) is 0 Å². The van der Waals surface area contributed by atoms with E-state index in [0.29, 0.717) is 29.4 Å². The maximum Gasteiger partial charge on any atom is 0.184 e. The Bertz CT molecular complexity index is 392. The summed E-state index contributed by atoms with van der Waals surface area (Å²) >= 11 is 0. The van der Waals surface area contributed by atoms with Gasteiger partial charge in [-0.1, -0.05) is 0 Å². The van der Waals surface area contributed by atoms with Crippen molar-refractivity contribution in [2.75, 3.05) is 40.1 Å². The second-order valence-electron chi connectivity index (χ2n) is 3.91. The number of hydrogen-bond acceptors (Lipinski definition) is 5. The van der Waals surface area contributed by atoms with Crippen LogP contribution in [-0.2, 0) is 0 Å². The summed E-state index contributed by atoms with van der Waals surface area (Å²) in [6, 6.07) is 3.18. The van der Waals surface area contributed by atoms with Gasteiger partial charge in [-0.3, -0.25) is 4.79 Å². The normalized spacial score (nSPS) is 10.4. The third-order valence-electron chi connectivity index (χ3n) is 2.25. The number of nitrogen functional groups attached to an aromatic ring is 1. The number of benzene rings is 1. The number of likely N-dealkylation sites (N-methyl/N-ethyl adjacent to an activating group) is 1. The third-order valence-corrected chi connectivity index (χ3v) is 2.25. The lowest BCUT2D eigenvalue weighted by atomic mass is 10.2. The first-order chi connectivity index (χ1) is 8.08. The lowest BCUT2D eigenvalue weighted by molar-refractivity contribution is 0.112. The van der Waals surface area contributed by atoms with Crippen molar-refractivity contribution in [3.05, 3.63) is 17.7 Å². The first-order valence-electron chi connectivity index (χ1n) is 5.28. The highest BCUT2D eigenvalue weighted by Crippen LogP contribution is 2.34. The summed E-state index contributed by atoms with van der Waals surface area (Å²) in [7, 11) is 5.43. The molecule has 0 aliphatic rings. The molecule has 0 atom stereocenters. The summed E-state index contributed by atoms with van der Waals surface area (Å²) in [6.07, 6.45) is 0.725. The average Bonchev–Trinajstić information content (AvgIpc) is 2.30. The Hall–Kier alpha value is -1.75. The van der Waals surface area contributed by atoms with Gasteiger partial charge >= 0.3 is 0 Å². The second kappa shape index (κ2) is 6.10. The number of carbonyl (C=O) groups is 1. The number of aldehydes is 1. The van der Waals surface area contributed by atoms with Crippen LogP contribution in [0.5, 0.6) is 11.5 Å². The maximum atomic E-state index is 10.7. The molecule has 94 valence electrons. The summed E-state index contributed by atoms with van der Waals surface area (Å²) in [5.74, 6) is 0.964. The molecule has 2 N–H and O–H groups in total. The molecule has 1 aromatic rings. The van der Waals surface area contributed by atoms with Gasteiger partial charge in [0.15, 0.2) is 11.5 Å². The van der Waals surface area contributed by atoms with Gasteiger partial charge < -0.3 is 20.1 Å². The Morgan fingerprint density at radius 3 is 2.65 bits per heavy atom. The van der Waals surface area contributed by atoms with Crippen LogP contribution in [0.4, 0.5) is 5.69 Å². The first kappa shape index (κ1) is 13.3. The first-order valence-corrected chi connectivity index (χ1v) is 5.28. The second-order valence-corrected chi connectivity index (χ2v) is 3.91. The molecule has 0 radical (unpaired) electrons. The van der Waals surface area contributed by atoms with E-state index in [1.54, 1.807) is 12.1 Å². The van der Waals surface area contributed by atoms with Gasteiger partial charge in [0.2, 0.25) is 0 Å². The van der Waals surface area contributed by atoms with E-state index in [-0.39, 0.29) is 0 Å². The number of nitrogens with two attached hydrogens (primary N) is 1. The van der Waals surface area contributed by atoms with E-state index < -0.39 is 0 Å². The Kier molecular flexibility index (Phi) is 4.78. The zero-order chi connectivity index (χ0) is 12.8. The molecular formula is C12H18N2O3. The molecule has 0 aliphatic carbocycles. The molecule has 1 rings (SSSR count). The lowest BCUT2D eigenvalue weighted by Crippen LogP contribution is -2.20. The van der Waals surface area contributed by atoms with E-state index in [1.165, 1.54) is 7.11 Å². The van der Waals surface area contributed by atoms with E-state index >= 15 is 0 Å². The van der Waals surface area contributed by atoms with Crippen molar-refractivity contribution in [3.8, 4) is 11.5 Å². The molecular weight excluding hydrogens is 220 g/mol. The van der Waals surface area contributed by atoms with Crippen LogP contribution in [0.2, 0.25) is 0 Å². The quantitative estimate of drug-likeness (QED) is 0.592. The molecule has 0 bridgehead atoms. The smallest absolute Gasteiger partial charge is 0.184 e. The highest BCUT2D eigenvalue weighted by atomic mass is 16.5. The number of methoxy groups -OCH3 is 1. The fraction of sp³-hybridized carbons (Fsp3) is 0.417. The minimum absolute atomic E-state index is 0.408. The fourth-order valence-corrected chi connectivity index (χ4v) is 1.35. The number of nitrogens with zero attached hydrogens (tertiary/aromatic N) is 1. The minimum atomic E-state index is 0.408. The zero-order valence-electron chi connectivity index (χ0n) is 10.4. The number of carbonyl (C=O) groups excluding carboxylic acids is 1. The molecule has 5 nitrogen and oxygen atoms in total. The van der Waals surface area contributed by atoms with Crippen molar-refractivity contribution in [1.29, 1.82) is 0 Å². The van der Waals surface area contributed by atoms with Crippen LogP contribution in [0, 0.1) is 0 Å². The van der Waals surface area contributed by atoms with Gasteiger partial charge in [0.05, 0.1) is 12.8 Å². The molecule has 17 heavy (non-hydrogen) atoms. The Labute approximate surface area is 101 Å². The van der Waals surface area contributed by atoms with Crippen LogP contribution >= 0.6 is 0 Å². The van der Waals surface area contributed by atoms with Crippen molar-refractivity contribution in [2.24, 2.45) is 0 Å². The van der Waals surface area contributed by atoms with Crippen LogP contribution in [0.25, 0.3) is 0 Å². The van der Waals surface area contributed by atoms with Gasteiger partial charge in [-0.15, -0.1) is 0 Å². The van der Waals surface area contributed by atoms with Crippen molar-refractivity contribution in [2.45, 2.75) is 0 Å². The molecule has 0 heterocycles. The molecule has 1 aromatic carbocycles. The van der Waals surface area contributed by atoms with Crippen LogP contribution in [-0.4, -0.2) is 45.5 Å². The Balaban J connectivity index is 2.86. The summed E-state index contributed by atoms with van der Waals surface area (Å²) in [5.41, 5.74) is 6.69. The standard InChI is InChI=1S/C12H18N2O3/c1-14(2)4-5-17-12-10(13)6-9(8-15)7-11(12)16-3/h6-8H,4-5,13H2,1-3H3. The predicted octanol–water partition coefficient (Wildman–Crippen LogP) is 1.03. The molecule has 0 aliphatic heterocycles. The molecule has 0 amide bonds. The van der Waals surface area contributed by atoms with Crippen molar-refractivity contribution < 1.29 is 14.3 Å². The molecule has 0 saturated heterocycles. The molecule has 0 unspecified atom stereocenters. The molecule has 0 aromatic heterocycles. The maximum absolute atomic E-state index is 10.7. The van der Waals surface area contributed by atoms with E-state index in [0.717, 1.165) is 12.8 Å². The predicted molar refractivity (Wildman–Crippen MR) is 66.8 cm³/mol. The molecule has 0 saturated carbocycles. The third kappa shape index (κ3) is 3.64. The monoisotopic (exact) mass is 238 g/mol. The van der Waals surface area contributed by atoms with E-state index in [4.69, 9.17) is 15.2 Å². The number of ether oxygens (including phenoxy) is 2. The number of rotatable bonds is 6. The highest BCUT2D eigenvalue weighted by Gasteiger charge is 2.11. The lowest BCUT2D eigenvalue weighted by Gasteiger charge is -2.15. The van der Waals surface area contributed by atoms with Crippen LogP contribution in [0.15, 0.2) is 12.1 Å². The molecule has 0 fully saturated rings. The topological polar surface area (TPSA) is 64.8 Å². The number of hydrogen-bond donors (Lipinski definition) is 1. The van der Waals surface area contributed by atoms with E-state index in [2.05, 4.69) is 0 Å². The van der Waals surface area contributed by atoms with Crippen LogP contribution in [0.1, 0.15) is 10.4 Å². The number of anilines is 1. The largest absolute Gasteiger partial charge is 0.493 e. The average molecular weight is 238 g/mol. The fourth-order valence-electron chi connectivity index (χ4n) is 1.35. The van der Waals surface area contributed by atoms with Gasteiger partial charge in [-0.05, 0) is 26.2 Å². The Morgan fingerprint density at radius 2 is 2.12 bits per heavy atom. The zero-order valence-corrected chi connectivity index (χ0v) is 10.4. The van der Waals surface area contributed by atoms with Crippen molar-refractivity contribution in [1.82, 2.24) is 4.90 Å². The highest BCUT2D eigenvalue weighted by molar-refractivity contribution is 5.80. The van der Waals surface area contributed by atoms with E-state index in [9.17, 15) is 4.79 Å². The molecule has 5 heteroatoms. The van der Waals surface area contributed by atoms with E-state index in [1.807, 2.05) is 19.0 Å². The SMILES string of the molecule is COc1cc(C=O)cc(N)c1OCCN(C)C. The summed E-state index contributed by atoms with van der Waals surface area (Å²) in [5, 5.41) is 0. The summed E-state index contributed by atoms with van der Waals surface area (Å²) in [6.45, 7) is 1.28. The van der Waals surface area contributed by atoms with Gasteiger partial charge in [0.1, 0.15) is 12.9 Å². The van der Waals surface area contributed by atoms with Gasteiger partial charge in [-0.25, -0.2) is 0 Å². The van der Waals surface area contributed by atoms with Gasteiger partial charge in [0, 0.05) is 12.1 Å². The molecule has 0 spiro atoms. The van der Waals surface area contributed by atoms with Crippen LogP contribution in [0.3, 0.4) is 0 Å². The van der Waals surface area contributed by atoms with Crippen molar-refractivity contribution >= 4 is 12.0 Å². The van der Waals surface area contributed by atoms with Crippen molar-refractivity contribution in [3.63, 3.8) is 0 Å². The summed E-state index contributed by atoms with van der Waals surface area (Å²) in [4.78, 5) is 12.7. The van der Waals surface area contributed by atoms with Gasteiger partial charge in [-0.2, -0.15) is 0 Å². The van der Waals surface area contributed by atoms with Crippen LogP contribution < -0.4 is 15.2 Å². The minimum Gasteiger partial charge on any atom is -0.493 e. The Morgan fingerprint density at radius 1 is 1.41 bits per heavy atom. The summed E-state index contributed by atoms with van der Waals surface area (Å²) < 4.78 is 10.7.